The van der Waals surface area contributed by atoms with Crippen LogP contribution in [0.3, 0.4) is 0 Å². The molecule has 0 unspecified atom stereocenters. The lowest BCUT2D eigenvalue weighted by molar-refractivity contribution is 0.208. The number of aromatic nitrogens is 5. The van der Waals surface area contributed by atoms with Gasteiger partial charge in [0.1, 0.15) is 12.1 Å². The molecule has 0 aromatic carbocycles. The quantitative estimate of drug-likeness (QED) is 0.883. The molecule has 1 aliphatic rings. The summed E-state index contributed by atoms with van der Waals surface area (Å²) < 4.78 is 0. The number of likely N-dealkylation sites (tertiary alicyclic amines) is 1. The van der Waals surface area contributed by atoms with Crippen molar-refractivity contribution in [2.45, 2.75) is 25.4 Å². The maximum atomic E-state index is 4.32. The minimum atomic E-state index is 0.489. The largest absolute Gasteiger partial charge is 0.367 e. The van der Waals surface area contributed by atoms with Crippen LogP contribution in [0.5, 0.6) is 0 Å². The molecule has 7 nitrogen and oxygen atoms in total. The highest BCUT2D eigenvalue weighted by Gasteiger charge is 2.20. The number of nitrogens with one attached hydrogen (secondary N) is 1. The smallest absolute Gasteiger partial charge is 0.129 e. The molecule has 0 radical (unpaired) electrons. The number of hydrogen-bond donors (Lipinski definition) is 1. The first kappa shape index (κ1) is 13.0. The summed E-state index contributed by atoms with van der Waals surface area (Å²) >= 11 is 0. The summed E-state index contributed by atoms with van der Waals surface area (Å²) in [4.78, 5) is 12.2. The first-order valence-corrected chi connectivity index (χ1v) is 6.90. The average molecular weight is 273 g/mol. The minimum Gasteiger partial charge on any atom is -0.367 e. The molecule has 2 aromatic heterocycles. The molecule has 1 N–H and O–H groups in total. The van der Waals surface area contributed by atoms with Crippen molar-refractivity contribution in [3.63, 3.8) is 0 Å². The Bertz CT molecular complexity index is 531. The van der Waals surface area contributed by atoms with Gasteiger partial charge >= 0.3 is 0 Å². The van der Waals surface area contributed by atoms with E-state index in [1.807, 2.05) is 19.3 Å². The van der Waals surface area contributed by atoms with Crippen LogP contribution in [-0.2, 0) is 13.6 Å². The van der Waals surface area contributed by atoms with E-state index in [1.54, 1.807) is 17.3 Å². The number of rotatable bonds is 4. The van der Waals surface area contributed by atoms with Crippen molar-refractivity contribution in [2.24, 2.45) is 7.05 Å². The van der Waals surface area contributed by atoms with Crippen molar-refractivity contribution in [3.05, 3.63) is 30.5 Å². The molecule has 7 heteroatoms. The van der Waals surface area contributed by atoms with Crippen molar-refractivity contribution >= 4 is 5.82 Å². The van der Waals surface area contributed by atoms with Gasteiger partial charge in [0, 0.05) is 38.9 Å². The van der Waals surface area contributed by atoms with Crippen LogP contribution in [0.25, 0.3) is 0 Å². The van der Waals surface area contributed by atoms with E-state index in [0.717, 1.165) is 44.0 Å². The van der Waals surface area contributed by atoms with E-state index >= 15 is 0 Å². The van der Waals surface area contributed by atoms with Crippen LogP contribution in [0, 0.1) is 0 Å². The molecule has 20 heavy (non-hydrogen) atoms. The van der Waals surface area contributed by atoms with Gasteiger partial charge in [0.2, 0.25) is 0 Å². The van der Waals surface area contributed by atoms with Gasteiger partial charge in [-0.25, -0.2) is 9.97 Å². The highest BCUT2D eigenvalue weighted by molar-refractivity contribution is 5.33. The molecule has 0 amide bonds. The van der Waals surface area contributed by atoms with E-state index < -0.39 is 0 Å². The maximum Gasteiger partial charge on any atom is 0.129 e. The number of aryl methyl sites for hydroxylation is 1. The van der Waals surface area contributed by atoms with Crippen LogP contribution in [0.15, 0.2) is 24.8 Å². The van der Waals surface area contributed by atoms with E-state index in [4.69, 9.17) is 0 Å². The third-order valence-electron chi connectivity index (χ3n) is 3.55. The third-order valence-corrected chi connectivity index (χ3v) is 3.55. The lowest BCUT2D eigenvalue weighted by Gasteiger charge is -2.31. The molecule has 3 heterocycles. The van der Waals surface area contributed by atoms with Crippen molar-refractivity contribution in [3.8, 4) is 0 Å². The van der Waals surface area contributed by atoms with E-state index in [1.165, 1.54) is 0 Å². The fraction of sp³-hybridized carbons (Fsp3) is 0.538. The summed E-state index contributed by atoms with van der Waals surface area (Å²) in [7, 11) is 1.85. The topological polar surface area (TPSA) is 71.8 Å². The van der Waals surface area contributed by atoms with Gasteiger partial charge in [-0.2, -0.15) is 15.0 Å². The van der Waals surface area contributed by atoms with Crippen LogP contribution in [-0.4, -0.2) is 49.0 Å². The zero-order valence-corrected chi connectivity index (χ0v) is 11.6. The van der Waals surface area contributed by atoms with Crippen molar-refractivity contribution < 1.29 is 0 Å². The highest BCUT2D eigenvalue weighted by atomic mass is 15.5. The van der Waals surface area contributed by atoms with Gasteiger partial charge in [0.25, 0.3) is 0 Å². The van der Waals surface area contributed by atoms with Gasteiger partial charge < -0.3 is 5.32 Å². The molecule has 0 aliphatic carbocycles. The average Bonchev–Trinajstić information content (AvgIpc) is 2.88. The number of hydrogen-bond acceptors (Lipinski definition) is 6. The Morgan fingerprint density at radius 1 is 1.35 bits per heavy atom. The van der Waals surface area contributed by atoms with Crippen LogP contribution in [0.1, 0.15) is 18.5 Å². The van der Waals surface area contributed by atoms with Crippen LogP contribution < -0.4 is 5.32 Å². The third kappa shape index (κ3) is 3.30. The van der Waals surface area contributed by atoms with E-state index in [0.29, 0.717) is 6.04 Å². The van der Waals surface area contributed by atoms with Crippen molar-refractivity contribution in [2.75, 3.05) is 18.4 Å². The predicted molar refractivity (Wildman–Crippen MR) is 75.0 cm³/mol. The first-order chi connectivity index (χ1) is 9.79. The van der Waals surface area contributed by atoms with Gasteiger partial charge in [0.15, 0.2) is 0 Å². The SMILES string of the molecule is Cn1ncc(CN2CCC(Nc3ccncn3)CC2)n1. The lowest BCUT2D eigenvalue weighted by Crippen LogP contribution is -2.38. The minimum absolute atomic E-state index is 0.489. The van der Waals surface area contributed by atoms with Crippen LogP contribution in [0.2, 0.25) is 0 Å². The Hall–Kier alpha value is -2.02. The molecular weight excluding hydrogens is 254 g/mol. The summed E-state index contributed by atoms with van der Waals surface area (Å²) in [6.07, 6.45) is 7.41. The van der Waals surface area contributed by atoms with E-state index in [9.17, 15) is 0 Å². The molecule has 2 aromatic rings. The van der Waals surface area contributed by atoms with Crippen LogP contribution in [0.4, 0.5) is 5.82 Å². The first-order valence-electron chi connectivity index (χ1n) is 6.90. The highest BCUT2D eigenvalue weighted by Crippen LogP contribution is 2.16. The molecule has 1 fully saturated rings. The van der Waals surface area contributed by atoms with Crippen LogP contribution >= 0.6 is 0 Å². The molecule has 0 spiro atoms. The van der Waals surface area contributed by atoms with E-state index in [2.05, 4.69) is 30.4 Å². The number of nitrogens with zero attached hydrogens (tertiary/aromatic N) is 6. The number of piperidine rings is 1. The van der Waals surface area contributed by atoms with Gasteiger partial charge in [-0.3, -0.25) is 4.90 Å². The zero-order valence-electron chi connectivity index (χ0n) is 11.6. The Balaban J connectivity index is 1.47. The van der Waals surface area contributed by atoms with Gasteiger partial charge in [-0.05, 0) is 18.9 Å². The molecule has 0 bridgehead atoms. The summed E-state index contributed by atoms with van der Waals surface area (Å²) in [5, 5.41) is 11.9. The molecule has 3 rings (SSSR count). The zero-order chi connectivity index (χ0) is 13.8. The fourth-order valence-electron chi connectivity index (χ4n) is 2.51. The lowest BCUT2D eigenvalue weighted by atomic mass is 10.0. The second-order valence-corrected chi connectivity index (χ2v) is 5.11. The number of anilines is 1. The molecule has 1 saturated heterocycles. The Kier molecular flexibility index (Phi) is 3.87. The summed E-state index contributed by atoms with van der Waals surface area (Å²) in [5.74, 6) is 0.910. The Morgan fingerprint density at radius 3 is 2.85 bits per heavy atom. The predicted octanol–water partition coefficient (Wildman–Crippen LogP) is 0.682. The Labute approximate surface area is 118 Å². The summed E-state index contributed by atoms with van der Waals surface area (Å²) in [6, 6.07) is 2.40. The fourth-order valence-corrected chi connectivity index (χ4v) is 2.51. The van der Waals surface area contributed by atoms with Gasteiger partial charge in [-0.1, -0.05) is 0 Å². The molecule has 0 atom stereocenters. The van der Waals surface area contributed by atoms with Gasteiger partial charge in [-0.15, -0.1) is 0 Å². The summed E-state index contributed by atoms with van der Waals surface area (Å²) in [6.45, 7) is 3.02. The van der Waals surface area contributed by atoms with E-state index in [-0.39, 0.29) is 0 Å². The molecule has 1 aliphatic heterocycles. The van der Waals surface area contributed by atoms with Gasteiger partial charge in [0.05, 0.1) is 11.9 Å². The Morgan fingerprint density at radius 2 is 2.20 bits per heavy atom. The maximum absolute atomic E-state index is 4.32. The second-order valence-electron chi connectivity index (χ2n) is 5.11. The monoisotopic (exact) mass is 273 g/mol. The normalized spacial score (nSPS) is 17.2. The second kappa shape index (κ2) is 5.96. The molecule has 106 valence electrons. The molecule has 0 saturated carbocycles. The standard InChI is InChI=1S/C13H19N7/c1-19-16-8-12(18-19)9-20-6-3-11(4-7-20)17-13-2-5-14-10-15-13/h2,5,8,10-11H,3-4,6-7,9H2,1H3,(H,14,15,17). The van der Waals surface area contributed by atoms with Crippen molar-refractivity contribution in [1.29, 1.82) is 0 Å². The molecular formula is C13H19N7. The van der Waals surface area contributed by atoms with Crippen molar-refractivity contribution in [1.82, 2.24) is 29.9 Å². The summed E-state index contributed by atoms with van der Waals surface area (Å²) in [5.41, 5.74) is 1.04.